The molecule has 0 atom stereocenters. The summed E-state index contributed by atoms with van der Waals surface area (Å²) in [5.41, 5.74) is 4.46. The van der Waals surface area contributed by atoms with Gasteiger partial charge in [0.2, 0.25) is 0 Å². The van der Waals surface area contributed by atoms with Crippen LogP contribution in [0.5, 0.6) is 0 Å². The second kappa shape index (κ2) is 5.13. The van der Waals surface area contributed by atoms with Crippen molar-refractivity contribution in [2.24, 2.45) is 7.05 Å². The van der Waals surface area contributed by atoms with Crippen LogP contribution in [0, 0.1) is 6.92 Å². The second-order valence-corrected chi connectivity index (χ2v) is 5.65. The molecule has 0 N–H and O–H groups in total. The van der Waals surface area contributed by atoms with Crippen LogP contribution in [0.25, 0.3) is 22.4 Å². The van der Waals surface area contributed by atoms with E-state index in [2.05, 4.69) is 41.3 Å². The molecule has 2 aromatic heterocycles. The Balaban J connectivity index is 2.24. The highest BCUT2D eigenvalue weighted by Crippen LogP contribution is 2.32. The number of hydrogen-bond acceptors (Lipinski definition) is 3. The molecule has 4 heteroatoms. The van der Waals surface area contributed by atoms with Gasteiger partial charge < -0.3 is 4.57 Å². The zero-order valence-corrected chi connectivity index (χ0v) is 12.3. The summed E-state index contributed by atoms with van der Waals surface area (Å²) in [6.45, 7) is 5.86. The molecule has 0 radical (unpaired) electrons. The van der Waals surface area contributed by atoms with Crippen LogP contribution in [0.2, 0.25) is 0 Å². The average molecular weight is 281 g/mol. The van der Waals surface area contributed by atoms with Crippen LogP contribution in [0.1, 0.15) is 5.56 Å². The Kier molecular flexibility index (Phi) is 3.32. The van der Waals surface area contributed by atoms with E-state index in [1.165, 1.54) is 5.56 Å². The largest absolute Gasteiger partial charge is 0.327 e. The Labute approximate surface area is 122 Å². The third-order valence-corrected chi connectivity index (χ3v) is 4.02. The molecule has 20 heavy (non-hydrogen) atoms. The van der Waals surface area contributed by atoms with Crippen molar-refractivity contribution in [3.8, 4) is 11.4 Å². The lowest BCUT2D eigenvalue weighted by molar-refractivity contribution is 0.953. The molecule has 0 fully saturated rings. The zero-order chi connectivity index (χ0) is 14.1. The van der Waals surface area contributed by atoms with E-state index in [0.717, 1.165) is 27.3 Å². The van der Waals surface area contributed by atoms with Gasteiger partial charge in [0.15, 0.2) is 0 Å². The monoisotopic (exact) mass is 281 g/mol. The smallest absolute Gasteiger partial charge is 0.142 e. The maximum Gasteiger partial charge on any atom is 0.142 e. The van der Waals surface area contributed by atoms with E-state index < -0.39 is 0 Å². The number of aromatic nitrogens is 3. The van der Waals surface area contributed by atoms with Gasteiger partial charge in [-0.1, -0.05) is 24.4 Å². The molecular weight excluding hydrogens is 266 g/mol. The summed E-state index contributed by atoms with van der Waals surface area (Å²) in [6.07, 6.45) is 3.65. The Morgan fingerprint density at radius 3 is 2.95 bits per heavy atom. The molecule has 1 aromatic carbocycles. The van der Waals surface area contributed by atoms with Gasteiger partial charge in [-0.3, -0.25) is 4.98 Å². The maximum absolute atomic E-state index is 4.77. The average Bonchev–Trinajstić information content (AvgIpc) is 2.76. The second-order valence-electron chi connectivity index (χ2n) is 4.64. The summed E-state index contributed by atoms with van der Waals surface area (Å²) < 4.78 is 2.12. The SMILES string of the molecule is C=CSc1cnccc1-c1nc2cc(C)ccc2n1C. The van der Waals surface area contributed by atoms with Gasteiger partial charge in [0.1, 0.15) is 5.82 Å². The number of benzene rings is 1. The molecule has 0 saturated heterocycles. The zero-order valence-electron chi connectivity index (χ0n) is 11.5. The molecular formula is C16H15N3S. The lowest BCUT2D eigenvalue weighted by Crippen LogP contribution is -1.94. The van der Waals surface area contributed by atoms with Crippen LogP contribution in [-0.2, 0) is 7.05 Å². The van der Waals surface area contributed by atoms with Crippen LogP contribution in [0.4, 0.5) is 0 Å². The molecule has 2 heterocycles. The van der Waals surface area contributed by atoms with E-state index >= 15 is 0 Å². The van der Waals surface area contributed by atoms with Crippen LogP contribution in [0.15, 0.2) is 53.5 Å². The van der Waals surface area contributed by atoms with Gasteiger partial charge in [0, 0.05) is 29.9 Å². The van der Waals surface area contributed by atoms with Crippen molar-refractivity contribution in [3.05, 3.63) is 54.2 Å². The minimum absolute atomic E-state index is 0.956. The molecule has 0 saturated carbocycles. The van der Waals surface area contributed by atoms with Gasteiger partial charge in [-0.05, 0) is 36.1 Å². The number of nitrogens with zero attached hydrogens (tertiary/aromatic N) is 3. The maximum atomic E-state index is 4.77. The van der Waals surface area contributed by atoms with Crippen molar-refractivity contribution in [1.82, 2.24) is 14.5 Å². The molecule has 0 aliphatic rings. The van der Waals surface area contributed by atoms with Gasteiger partial charge >= 0.3 is 0 Å². The minimum atomic E-state index is 0.956. The third-order valence-electron chi connectivity index (χ3n) is 3.27. The molecule has 3 nitrogen and oxygen atoms in total. The van der Waals surface area contributed by atoms with Gasteiger partial charge in [0.25, 0.3) is 0 Å². The quantitative estimate of drug-likeness (QED) is 0.675. The van der Waals surface area contributed by atoms with Crippen molar-refractivity contribution in [1.29, 1.82) is 0 Å². The molecule has 100 valence electrons. The number of rotatable bonds is 3. The van der Waals surface area contributed by atoms with Gasteiger partial charge in [-0.2, -0.15) is 0 Å². The van der Waals surface area contributed by atoms with E-state index in [1.54, 1.807) is 18.0 Å². The molecule has 0 amide bonds. The lowest BCUT2D eigenvalue weighted by atomic mass is 10.2. The summed E-state index contributed by atoms with van der Waals surface area (Å²) in [5.74, 6) is 0.956. The van der Waals surface area contributed by atoms with Crippen molar-refractivity contribution in [2.75, 3.05) is 0 Å². The fraction of sp³-hybridized carbons (Fsp3) is 0.125. The van der Waals surface area contributed by atoms with Crippen LogP contribution < -0.4 is 0 Å². The van der Waals surface area contributed by atoms with Crippen molar-refractivity contribution in [2.45, 2.75) is 11.8 Å². The lowest BCUT2D eigenvalue weighted by Gasteiger charge is -2.06. The van der Waals surface area contributed by atoms with E-state index in [4.69, 9.17) is 4.98 Å². The first-order valence-electron chi connectivity index (χ1n) is 6.35. The van der Waals surface area contributed by atoms with Gasteiger partial charge in [-0.25, -0.2) is 4.98 Å². The topological polar surface area (TPSA) is 30.7 Å². The number of aryl methyl sites for hydroxylation is 2. The predicted octanol–water partition coefficient (Wildman–Crippen LogP) is 4.18. The van der Waals surface area contributed by atoms with Crippen LogP contribution in [-0.4, -0.2) is 14.5 Å². The number of thioether (sulfide) groups is 1. The first-order valence-corrected chi connectivity index (χ1v) is 7.23. The number of fused-ring (bicyclic) bond motifs is 1. The van der Waals surface area contributed by atoms with Crippen molar-refractivity contribution >= 4 is 22.8 Å². The molecule has 0 aliphatic heterocycles. The summed E-state index contributed by atoms with van der Waals surface area (Å²) in [6, 6.07) is 8.34. The molecule has 0 bridgehead atoms. The number of pyridine rings is 1. The van der Waals surface area contributed by atoms with Crippen molar-refractivity contribution < 1.29 is 0 Å². The Hall–Kier alpha value is -2.07. The fourth-order valence-corrected chi connectivity index (χ4v) is 2.89. The molecule has 0 aliphatic carbocycles. The van der Waals surface area contributed by atoms with Gasteiger partial charge in [-0.15, -0.1) is 0 Å². The van der Waals surface area contributed by atoms with E-state index in [-0.39, 0.29) is 0 Å². The van der Waals surface area contributed by atoms with Gasteiger partial charge in [0.05, 0.1) is 11.0 Å². The van der Waals surface area contributed by atoms with Crippen LogP contribution >= 0.6 is 11.8 Å². The predicted molar refractivity (Wildman–Crippen MR) is 84.7 cm³/mol. The summed E-state index contributed by atoms with van der Waals surface area (Å²) in [4.78, 5) is 10.0. The highest BCUT2D eigenvalue weighted by molar-refractivity contribution is 8.02. The Morgan fingerprint density at radius 2 is 2.15 bits per heavy atom. The first-order chi connectivity index (χ1) is 9.70. The Morgan fingerprint density at radius 1 is 1.30 bits per heavy atom. The highest BCUT2D eigenvalue weighted by Gasteiger charge is 2.13. The van der Waals surface area contributed by atoms with E-state index in [9.17, 15) is 0 Å². The van der Waals surface area contributed by atoms with Crippen molar-refractivity contribution in [3.63, 3.8) is 0 Å². The summed E-state index contributed by atoms with van der Waals surface area (Å²) >= 11 is 1.57. The minimum Gasteiger partial charge on any atom is -0.327 e. The standard InChI is InChI=1S/C16H15N3S/c1-4-20-15-10-17-8-7-12(15)16-18-13-9-11(2)5-6-14(13)19(16)3/h4-10H,1H2,2-3H3. The molecule has 3 rings (SSSR count). The van der Waals surface area contributed by atoms with Crippen LogP contribution in [0.3, 0.4) is 0 Å². The Bertz CT molecular complexity index is 790. The van der Waals surface area contributed by atoms with E-state index in [0.29, 0.717) is 0 Å². The number of hydrogen-bond donors (Lipinski definition) is 0. The third kappa shape index (κ3) is 2.12. The normalized spacial score (nSPS) is 10.9. The first kappa shape index (κ1) is 12.9. The molecule has 0 spiro atoms. The van der Waals surface area contributed by atoms with E-state index in [1.807, 2.05) is 24.7 Å². The highest BCUT2D eigenvalue weighted by atomic mass is 32.2. The summed E-state index contributed by atoms with van der Waals surface area (Å²) in [5, 5.41) is 1.81. The molecule has 0 unspecified atom stereocenters. The number of imidazole rings is 1. The summed E-state index contributed by atoms with van der Waals surface area (Å²) in [7, 11) is 2.04. The fourth-order valence-electron chi connectivity index (χ4n) is 2.30. The molecule has 3 aromatic rings.